The molecule has 2 fully saturated rings. The van der Waals surface area contributed by atoms with Gasteiger partial charge in [-0.15, -0.1) is 0 Å². The number of rotatable bonds is 5. The van der Waals surface area contributed by atoms with Gasteiger partial charge in [0.25, 0.3) is 5.56 Å². The van der Waals surface area contributed by atoms with Crippen LogP contribution < -0.4 is 10.9 Å². The van der Waals surface area contributed by atoms with Crippen LogP contribution in [0.25, 0.3) is 11.1 Å². The highest BCUT2D eigenvalue weighted by molar-refractivity contribution is 5.84. The molecule has 1 aliphatic carbocycles. The van der Waals surface area contributed by atoms with E-state index < -0.39 is 23.9 Å². The van der Waals surface area contributed by atoms with Gasteiger partial charge in [0, 0.05) is 60.7 Å². The highest BCUT2D eigenvalue weighted by Gasteiger charge is 2.57. The summed E-state index contributed by atoms with van der Waals surface area (Å²) >= 11 is 0. The van der Waals surface area contributed by atoms with Crippen LogP contribution >= 0.6 is 0 Å². The highest BCUT2D eigenvalue weighted by Crippen LogP contribution is 2.48. The summed E-state index contributed by atoms with van der Waals surface area (Å²) in [6, 6.07) is 6.43. The number of aliphatic hydroxyl groups is 1. The van der Waals surface area contributed by atoms with Crippen molar-refractivity contribution in [2.24, 2.45) is 11.8 Å². The van der Waals surface area contributed by atoms with Crippen molar-refractivity contribution < 1.29 is 14.7 Å². The predicted molar refractivity (Wildman–Crippen MR) is 117 cm³/mol. The number of carbonyl (C=O) groups excluding carboxylic acids is 2. The minimum atomic E-state index is -0.585. The maximum absolute atomic E-state index is 13.5. The molecule has 2 bridgehead atoms. The molecule has 168 valence electrons. The lowest BCUT2D eigenvalue weighted by atomic mass is 9.85. The number of hydrogen-bond acceptors (Lipinski definition) is 5. The lowest BCUT2D eigenvalue weighted by molar-refractivity contribution is -0.136. The minimum Gasteiger partial charge on any atom is -0.396 e. The van der Waals surface area contributed by atoms with Crippen LogP contribution in [-0.4, -0.2) is 50.1 Å². The fourth-order valence-corrected chi connectivity index (χ4v) is 5.52. The van der Waals surface area contributed by atoms with E-state index in [9.17, 15) is 19.5 Å². The van der Waals surface area contributed by atoms with E-state index in [0.29, 0.717) is 17.7 Å². The summed E-state index contributed by atoms with van der Waals surface area (Å²) in [7, 11) is 0. The van der Waals surface area contributed by atoms with Gasteiger partial charge in [-0.3, -0.25) is 19.4 Å². The Labute approximate surface area is 186 Å². The minimum absolute atomic E-state index is 0.0626. The molecule has 2 N–H and O–H groups in total. The maximum atomic E-state index is 13.5. The summed E-state index contributed by atoms with van der Waals surface area (Å²) in [5.74, 6) is -1.20. The monoisotopic (exact) mass is 436 g/mol. The fourth-order valence-electron chi connectivity index (χ4n) is 5.52. The summed E-state index contributed by atoms with van der Waals surface area (Å²) in [4.78, 5) is 45.6. The first kappa shape index (κ1) is 20.9. The number of aromatic nitrogens is 2. The third-order valence-electron chi connectivity index (χ3n) is 7.36. The van der Waals surface area contributed by atoms with E-state index in [2.05, 4.69) is 10.3 Å². The number of hydrogen-bond donors (Lipinski definition) is 2. The van der Waals surface area contributed by atoms with Gasteiger partial charge in [0.1, 0.15) is 0 Å². The SMILES string of the molecule is CCC(=O)N1[C@@H]2c3ccc(-c4cccnc4)c(=O)n3C[C@H]1[C@H](CO)[C@H]2C(=O)NC1CCC1. The van der Waals surface area contributed by atoms with E-state index in [4.69, 9.17) is 0 Å². The zero-order valence-electron chi connectivity index (χ0n) is 18.1. The van der Waals surface area contributed by atoms with Crippen LogP contribution in [0.1, 0.15) is 44.3 Å². The molecular weight excluding hydrogens is 408 g/mol. The Balaban J connectivity index is 1.61. The smallest absolute Gasteiger partial charge is 0.258 e. The molecule has 0 unspecified atom stereocenters. The van der Waals surface area contributed by atoms with Crippen LogP contribution in [0.4, 0.5) is 0 Å². The van der Waals surface area contributed by atoms with E-state index in [1.165, 1.54) is 0 Å². The first-order chi connectivity index (χ1) is 15.5. The van der Waals surface area contributed by atoms with Crippen LogP contribution in [0.5, 0.6) is 0 Å². The van der Waals surface area contributed by atoms with Gasteiger partial charge in [-0.05, 0) is 37.5 Å². The van der Waals surface area contributed by atoms with E-state index in [1.807, 2.05) is 12.1 Å². The molecule has 8 heteroatoms. The Morgan fingerprint density at radius 3 is 2.69 bits per heavy atom. The van der Waals surface area contributed by atoms with Crippen molar-refractivity contribution in [3.8, 4) is 11.1 Å². The van der Waals surface area contributed by atoms with Crippen molar-refractivity contribution in [3.63, 3.8) is 0 Å². The summed E-state index contributed by atoms with van der Waals surface area (Å²) in [6.45, 7) is 1.85. The first-order valence-corrected chi connectivity index (χ1v) is 11.4. The largest absolute Gasteiger partial charge is 0.396 e. The van der Waals surface area contributed by atoms with E-state index in [-0.39, 0.29) is 36.6 Å². The molecule has 4 heterocycles. The average molecular weight is 437 g/mol. The first-order valence-electron chi connectivity index (χ1n) is 11.4. The summed E-state index contributed by atoms with van der Waals surface area (Å²) < 4.78 is 1.69. The van der Waals surface area contributed by atoms with Crippen molar-refractivity contribution in [2.45, 2.75) is 57.3 Å². The second kappa shape index (κ2) is 8.16. The molecule has 8 nitrogen and oxygen atoms in total. The number of carbonyl (C=O) groups is 2. The Hall–Kier alpha value is -3.00. The molecule has 2 amide bonds. The predicted octanol–water partition coefficient (Wildman–Crippen LogP) is 1.48. The molecule has 1 saturated carbocycles. The molecule has 1 saturated heterocycles. The van der Waals surface area contributed by atoms with Crippen molar-refractivity contribution in [1.29, 1.82) is 0 Å². The zero-order valence-corrected chi connectivity index (χ0v) is 18.1. The molecular formula is C24H28N4O4. The topological polar surface area (TPSA) is 105 Å². The zero-order chi connectivity index (χ0) is 22.4. The molecule has 3 aliphatic rings. The van der Waals surface area contributed by atoms with Gasteiger partial charge in [-0.1, -0.05) is 13.0 Å². The van der Waals surface area contributed by atoms with Crippen LogP contribution in [0.3, 0.4) is 0 Å². The van der Waals surface area contributed by atoms with Crippen molar-refractivity contribution in [2.75, 3.05) is 6.61 Å². The molecule has 2 aliphatic heterocycles. The van der Waals surface area contributed by atoms with Gasteiger partial charge in [0.15, 0.2) is 0 Å². The third-order valence-corrected chi connectivity index (χ3v) is 7.36. The van der Waals surface area contributed by atoms with Crippen LogP contribution in [-0.2, 0) is 16.1 Å². The second-order valence-corrected chi connectivity index (χ2v) is 9.00. The van der Waals surface area contributed by atoms with Gasteiger partial charge in [-0.2, -0.15) is 0 Å². The molecule has 0 radical (unpaired) electrons. The number of nitrogens with one attached hydrogen (secondary N) is 1. The number of amides is 2. The van der Waals surface area contributed by atoms with Gasteiger partial charge < -0.3 is 19.9 Å². The number of nitrogens with zero attached hydrogens (tertiary/aromatic N) is 3. The van der Waals surface area contributed by atoms with Crippen molar-refractivity contribution >= 4 is 11.8 Å². The Kier molecular flexibility index (Phi) is 5.33. The second-order valence-electron chi connectivity index (χ2n) is 9.00. The lowest BCUT2D eigenvalue weighted by Gasteiger charge is -2.38. The quantitative estimate of drug-likeness (QED) is 0.739. The van der Waals surface area contributed by atoms with Crippen LogP contribution in [0.15, 0.2) is 41.5 Å². The third kappa shape index (κ3) is 3.16. The van der Waals surface area contributed by atoms with E-state index in [0.717, 1.165) is 24.8 Å². The Bertz CT molecular complexity index is 1090. The molecule has 4 atom stereocenters. The Morgan fingerprint density at radius 1 is 1.25 bits per heavy atom. The molecule has 2 aromatic rings. The Morgan fingerprint density at radius 2 is 2.06 bits per heavy atom. The molecule has 32 heavy (non-hydrogen) atoms. The van der Waals surface area contributed by atoms with Gasteiger partial charge in [-0.25, -0.2) is 0 Å². The van der Waals surface area contributed by atoms with Crippen molar-refractivity contribution in [1.82, 2.24) is 19.8 Å². The van der Waals surface area contributed by atoms with Crippen molar-refractivity contribution in [3.05, 3.63) is 52.7 Å². The van der Waals surface area contributed by atoms with E-state index >= 15 is 0 Å². The van der Waals surface area contributed by atoms with Gasteiger partial charge in [0.05, 0.1) is 18.0 Å². The lowest BCUT2D eigenvalue weighted by Crippen LogP contribution is -2.49. The van der Waals surface area contributed by atoms with Gasteiger partial charge >= 0.3 is 0 Å². The highest BCUT2D eigenvalue weighted by atomic mass is 16.3. The average Bonchev–Trinajstić information content (AvgIpc) is 3.03. The fraction of sp³-hybridized carbons (Fsp3) is 0.500. The summed E-state index contributed by atoms with van der Waals surface area (Å²) in [5.41, 5.74) is 1.76. The summed E-state index contributed by atoms with van der Waals surface area (Å²) in [6.07, 6.45) is 6.63. The molecule has 0 aromatic carbocycles. The normalized spacial score (nSPS) is 26.4. The number of aliphatic hydroxyl groups excluding tert-OH is 1. The molecule has 2 aromatic heterocycles. The number of pyridine rings is 2. The van der Waals surface area contributed by atoms with E-state index in [1.54, 1.807) is 40.9 Å². The van der Waals surface area contributed by atoms with Crippen LogP contribution in [0.2, 0.25) is 0 Å². The number of fused-ring (bicyclic) bond motifs is 4. The maximum Gasteiger partial charge on any atom is 0.258 e. The molecule has 5 rings (SSSR count). The summed E-state index contributed by atoms with van der Waals surface area (Å²) in [5, 5.41) is 13.4. The van der Waals surface area contributed by atoms with Crippen LogP contribution in [0, 0.1) is 11.8 Å². The standard InChI is InChI=1S/C24H28N4O4/c1-2-20(30)28-19-12-27-18(9-8-16(24(27)32)14-5-4-10-25-11-14)22(28)21(17(19)13-29)23(31)26-15-6-3-7-15/h4-5,8-11,15,17,19,21-22,29H,2-3,6-7,12-13H2,1H3,(H,26,31)/t17-,19-,21+,22+/m0/s1. The molecule has 0 spiro atoms. The van der Waals surface area contributed by atoms with Gasteiger partial charge in [0.2, 0.25) is 11.8 Å².